The molecular weight excluding hydrogens is 368 g/mol. The molecule has 0 unspecified atom stereocenters. The van der Waals surface area contributed by atoms with Crippen molar-refractivity contribution >= 4 is 21.8 Å². The average Bonchev–Trinajstić information content (AvgIpc) is 2.62. The molecule has 0 aliphatic heterocycles. The molecule has 0 amide bonds. The fourth-order valence-electron chi connectivity index (χ4n) is 1.94. The molecule has 0 saturated heterocycles. The van der Waals surface area contributed by atoms with Gasteiger partial charge in [-0.25, -0.2) is 21.9 Å². The van der Waals surface area contributed by atoms with E-state index in [9.17, 15) is 26.8 Å². The van der Waals surface area contributed by atoms with Crippen LogP contribution in [0.4, 0.5) is 8.78 Å². The quantitative estimate of drug-likeness (QED) is 0.557. The number of ketones is 1. The molecule has 6 nitrogen and oxygen atoms in total. The SMILES string of the molecule is O=C(CCNS(=O)(=O)c1ccccc1)OCC(=O)c1ccc(F)c(F)c1. The molecule has 0 bridgehead atoms. The maximum absolute atomic E-state index is 13.1. The van der Waals surface area contributed by atoms with E-state index in [0.29, 0.717) is 6.07 Å². The Morgan fingerprint density at radius 1 is 1.00 bits per heavy atom. The highest BCUT2D eigenvalue weighted by Crippen LogP contribution is 2.10. The highest BCUT2D eigenvalue weighted by atomic mass is 32.2. The highest BCUT2D eigenvalue weighted by Gasteiger charge is 2.15. The van der Waals surface area contributed by atoms with Gasteiger partial charge in [-0.2, -0.15) is 0 Å². The van der Waals surface area contributed by atoms with E-state index in [4.69, 9.17) is 4.74 Å². The summed E-state index contributed by atoms with van der Waals surface area (Å²) in [5.41, 5.74) is -0.138. The number of rotatable bonds is 8. The second-order valence-electron chi connectivity index (χ2n) is 5.17. The van der Waals surface area contributed by atoms with Crippen molar-refractivity contribution in [3.05, 3.63) is 65.7 Å². The monoisotopic (exact) mass is 383 g/mol. The minimum Gasteiger partial charge on any atom is -0.457 e. The molecule has 0 aliphatic carbocycles. The van der Waals surface area contributed by atoms with Crippen LogP contribution in [0.15, 0.2) is 53.4 Å². The van der Waals surface area contributed by atoms with Crippen molar-refractivity contribution in [2.24, 2.45) is 0 Å². The molecule has 138 valence electrons. The normalized spacial score (nSPS) is 11.2. The Labute approximate surface area is 148 Å². The molecular formula is C17H15F2NO5S. The van der Waals surface area contributed by atoms with Crippen LogP contribution in [0.25, 0.3) is 0 Å². The van der Waals surface area contributed by atoms with Gasteiger partial charge in [-0.05, 0) is 30.3 Å². The third-order valence-electron chi connectivity index (χ3n) is 3.28. The molecule has 0 atom stereocenters. The zero-order valence-electron chi connectivity index (χ0n) is 13.4. The summed E-state index contributed by atoms with van der Waals surface area (Å²) in [6.45, 7) is -0.870. The van der Waals surface area contributed by atoms with Crippen LogP contribution < -0.4 is 4.72 Å². The summed E-state index contributed by atoms with van der Waals surface area (Å²) in [6, 6.07) is 10.2. The molecule has 9 heteroatoms. The van der Waals surface area contributed by atoms with Gasteiger partial charge in [-0.15, -0.1) is 0 Å². The van der Waals surface area contributed by atoms with Gasteiger partial charge in [-0.1, -0.05) is 18.2 Å². The second-order valence-corrected chi connectivity index (χ2v) is 6.94. The van der Waals surface area contributed by atoms with E-state index < -0.39 is 40.0 Å². The van der Waals surface area contributed by atoms with Crippen LogP contribution in [0, 0.1) is 11.6 Å². The number of ether oxygens (including phenoxy) is 1. The van der Waals surface area contributed by atoms with Crippen molar-refractivity contribution in [1.29, 1.82) is 0 Å². The zero-order chi connectivity index (χ0) is 19.2. The van der Waals surface area contributed by atoms with Crippen LogP contribution >= 0.6 is 0 Å². The molecule has 2 aromatic carbocycles. The van der Waals surface area contributed by atoms with Gasteiger partial charge in [0.05, 0.1) is 11.3 Å². The van der Waals surface area contributed by atoms with E-state index in [1.807, 2.05) is 0 Å². The van der Waals surface area contributed by atoms with Gasteiger partial charge in [0.15, 0.2) is 24.0 Å². The number of carbonyl (C=O) groups excluding carboxylic acids is 2. The van der Waals surface area contributed by atoms with Gasteiger partial charge in [0.1, 0.15) is 0 Å². The Hall–Kier alpha value is -2.65. The number of Topliss-reactive ketones (excluding diaryl/α,β-unsaturated/α-hetero) is 1. The van der Waals surface area contributed by atoms with E-state index in [1.165, 1.54) is 12.1 Å². The van der Waals surface area contributed by atoms with Crippen LogP contribution in [0.1, 0.15) is 16.8 Å². The molecule has 0 radical (unpaired) electrons. The molecule has 0 fully saturated rings. The van der Waals surface area contributed by atoms with Crippen molar-refractivity contribution in [2.45, 2.75) is 11.3 Å². The highest BCUT2D eigenvalue weighted by molar-refractivity contribution is 7.89. The molecule has 0 aromatic heterocycles. The Morgan fingerprint density at radius 2 is 1.69 bits per heavy atom. The van der Waals surface area contributed by atoms with Crippen molar-refractivity contribution in [3.8, 4) is 0 Å². The van der Waals surface area contributed by atoms with Crippen LogP contribution in [0.2, 0.25) is 0 Å². The summed E-state index contributed by atoms with van der Waals surface area (Å²) in [7, 11) is -3.74. The Bertz CT molecular complexity index is 901. The number of hydrogen-bond donors (Lipinski definition) is 1. The third-order valence-corrected chi connectivity index (χ3v) is 4.76. The summed E-state index contributed by atoms with van der Waals surface area (Å²) in [5, 5.41) is 0. The minimum absolute atomic E-state index is 0.0573. The van der Waals surface area contributed by atoms with E-state index in [1.54, 1.807) is 18.2 Å². The van der Waals surface area contributed by atoms with Crippen LogP contribution in [0.3, 0.4) is 0 Å². The summed E-state index contributed by atoms with van der Waals surface area (Å²) in [5.74, 6) is -3.79. The molecule has 0 aliphatic rings. The second kappa shape index (κ2) is 8.63. The van der Waals surface area contributed by atoms with Gasteiger partial charge in [0.2, 0.25) is 10.0 Å². The number of nitrogens with one attached hydrogen (secondary N) is 1. The molecule has 1 N–H and O–H groups in total. The molecule has 26 heavy (non-hydrogen) atoms. The first-order valence-corrected chi connectivity index (χ1v) is 8.96. The van der Waals surface area contributed by atoms with E-state index in [2.05, 4.69) is 4.72 Å². The molecule has 0 spiro atoms. The largest absolute Gasteiger partial charge is 0.457 e. The predicted molar refractivity (Wildman–Crippen MR) is 87.9 cm³/mol. The Morgan fingerprint density at radius 3 is 2.35 bits per heavy atom. The van der Waals surface area contributed by atoms with Crippen LogP contribution in [-0.2, 0) is 19.6 Å². The van der Waals surface area contributed by atoms with E-state index >= 15 is 0 Å². The fourth-order valence-corrected chi connectivity index (χ4v) is 2.99. The topological polar surface area (TPSA) is 89.5 Å². The lowest BCUT2D eigenvalue weighted by molar-refractivity contribution is -0.142. The van der Waals surface area contributed by atoms with Gasteiger partial charge in [0.25, 0.3) is 0 Å². The van der Waals surface area contributed by atoms with Crippen molar-refractivity contribution in [2.75, 3.05) is 13.2 Å². The lowest BCUT2D eigenvalue weighted by atomic mass is 10.1. The first-order valence-electron chi connectivity index (χ1n) is 7.48. The number of sulfonamides is 1. The van der Waals surface area contributed by atoms with E-state index in [-0.39, 0.29) is 23.4 Å². The van der Waals surface area contributed by atoms with Crippen molar-refractivity contribution in [3.63, 3.8) is 0 Å². The number of esters is 1. The molecule has 2 rings (SSSR count). The molecule has 2 aromatic rings. The summed E-state index contributed by atoms with van der Waals surface area (Å²) in [6.07, 6.45) is -0.295. The maximum atomic E-state index is 13.1. The zero-order valence-corrected chi connectivity index (χ0v) is 14.3. The number of halogens is 2. The molecule has 0 saturated carbocycles. The van der Waals surface area contributed by atoms with Crippen molar-refractivity contribution < 1.29 is 31.5 Å². The van der Waals surface area contributed by atoms with Gasteiger partial charge < -0.3 is 4.74 Å². The lowest BCUT2D eigenvalue weighted by Gasteiger charge is -2.07. The van der Waals surface area contributed by atoms with Crippen LogP contribution in [-0.4, -0.2) is 33.3 Å². The van der Waals surface area contributed by atoms with Crippen molar-refractivity contribution in [1.82, 2.24) is 4.72 Å². The number of carbonyl (C=O) groups is 2. The first-order chi connectivity index (χ1) is 12.3. The average molecular weight is 383 g/mol. The Kier molecular flexibility index (Phi) is 6.53. The first kappa shape index (κ1) is 19.7. The predicted octanol–water partition coefficient (Wildman–Crippen LogP) is 2.06. The van der Waals surface area contributed by atoms with Gasteiger partial charge in [-0.3, -0.25) is 9.59 Å². The minimum atomic E-state index is -3.74. The summed E-state index contributed by atoms with van der Waals surface area (Å²) in [4.78, 5) is 23.4. The van der Waals surface area contributed by atoms with E-state index in [0.717, 1.165) is 12.1 Å². The fraction of sp³-hybridized carbons (Fsp3) is 0.176. The third kappa shape index (κ3) is 5.43. The Balaban J connectivity index is 1.78. The van der Waals surface area contributed by atoms with Crippen LogP contribution in [0.5, 0.6) is 0 Å². The van der Waals surface area contributed by atoms with Gasteiger partial charge in [0, 0.05) is 12.1 Å². The standard InChI is InChI=1S/C17H15F2NO5S/c18-14-7-6-12(10-15(14)19)16(21)11-25-17(22)8-9-20-26(23,24)13-4-2-1-3-5-13/h1-7,10,20H,8-9,11H2. The lowest BCUT2D eigenvalue weighted by Crippen LogP contribution is -2.27. The number of hydrogen-bond acceptors (Lipinski definition) is 5. The summed E-state index contributed by atoms with van der Waals surface area (Å²) >= 11 is 0. The number of benzene rings is 2. The smallest absolute Gasteiger partial charge is 0.307 e. The summed E-state index contributed by atoms with van der Waals surface area (Å²) < 4.78 is 56.7. The molecule has 0 heterocycles. The van der Waals surface area contributed by atoms with Gasteiger partial charge >= 0.3 is 5.97 Å². The maximum Gasteiger partial charge on any atom is 0.307 e.